The van der Waals surface area contributed by atoms with Gasteiger partial charge in [0.05, 0.1) is 18.5 Å². The van der Waals surface area contributed by atoms with Crippen LogP contribution in [0.25, 0.3) is 0 Å². The van der Waals surface area contributed by atoms with E-state index in [0.29, 0.717) is 0 Å². The van der Waals surface area contributed by atoms with E-state index in [9.17, 15) is 0 Å². The minimum atomic E-state index is -0.613. The molecular formula is C9H21BrP+. The second-order valence-electron chi connectivity index (χ2n) is 3.01. The fourth-order valence-corrected chi connectivity index (χ4v) is 7.56. The molecule has 0 nitrogen and oxygen atoms in total. The van der Waals surface area contributed by atoms with Gasteiger partial charge in [-0.15, -0.1) is 0 Å². The van der Waals surface area contributed by atoms with Crippen molar-refractivity contribution < 1.29 is 0 Å². The van der Waals surface area contributed by atoms with E-state index in [1.165, 1.54) is 24.9 Å². The minimum absolute atomic E-state index is 0.613. The molecule has 0 radical (unpaired) electrons. The van der Waals surface area contributed by atoms with Crippen molar-refractivity contribution in [3.05, 3.63) is 0 Å². The normalized spacial score (nSPS) is 15.0. The van der Waals surface area contributed by atoms with Crippen molar-refractivity contribution in [1.82, 2.24) is 0 Å². The summed E-state index contributed by atoms with van der Waals surface area (Å²) in [5.74, 6) is 0. The molecule has 0 aromatic heterocycles. The molecule has 0 aliphatic carbocycles. The van der Waals surface area contributed by atoms with Gasteiger partial charge in [0.1, 0.15) is 4.57 Å². The van der Waals surface area contributed by atoms with Crippen molar-refractivity contribution in [2.75, 3.05) is 18.5 Å². The SMILES string of the molecule is CCC(Br)[P+](CC)(CC)CC. The van der Waals surface area contributed by atoms with E-state index in [1.807, 2.05) is 0 Å². The van der Waals surface area contributed by atoms with Gasteiger partial charge in [0.2, 0.25) is 0 Å². The summed E-state index contributed by atoms with van der Waals surface area (Å²) in [5, 5.41) is 0. The largest absolute Gasteiger partial charge is 0.123 e. The summed E-state index contributed by atoms with van der Waals surface area (Å²) in [4.78, 5) is 0. The van der Waals surface area contributed by atoms with E-state index in [-0.39, 0.29) is 0 Å². The maximum absolute atomic E-state index is 3.83. The average molecular weight is 240 g/mol. The molecule has 0 amide bonds. The molecule has 1 atom stereocenters. The Morgan fingerprint density at radius 2 is 1.36 bits per heavy atom. The van der Waals surface area contributed by atoms with E-state index in [2.05, 4.69) is 43.6 Å². The Bertz CT molecular complexity index is 91.5. The molecule has 0 aromatic rings. The van der Waals surface area contributed by atoms with Gasteiger partial charge in [-0.25, -0.2) is 0 Å². The van der Waals surface area contributed by atoms with Crippen LogP contribution in [0.5, 0.6) is 0 Å². The highest BCUT2D eigenvalue weighted by Gasteiger charge is 2.37. The number of rotatable bonds is 5. The number of alkyl halides is 1. The summed E-state index contributed by atoms with van der Waals surface area (Å²) in [7, 11) is -0.613. The molecule has 0 aromatic carbocycles. The van der Waals surface area contributed by atoms with Gasteiger partial charge >= 0.3 is 0 Å². The van der Waals surface area contributed by atoms with Gasteiger partial charge in [0, 0.05) is 7.26 Å². The zero-order valence-electron chi connectivity index (χ0n) is 8.23. The molecule has 0 rings (SSSR count). The molecule has 0 aliphatic heterocycles. The van der Waals surface area contributed by atoms with Crippen molar-refractivity contribution in [2.45, 2.75) is 38.7 Å². The second-order valence-corrected chi connectivity index (χ2v) is 9.78. The van der Waals surface area contributed by atoms with Gasteiger partial charge in [0.15, 0.2) is 0 Å². The number of hydrogen-bond donors (Lipinski definition) is 0. The summed E-state index contributed by atoms with van der Waals surface area (Å²) in [6, 6.07) is 0. The summed E-state index contributed by atoms with van der Waals surface area (Å²) < 4.78 is 0.815. The van der Waals surface area contributed by atoms with Crippen LogP contribution in [0.4, 0.5) is 0 Å². The van der Waals surface area contributed by atoms with Gasteiger partial charge in [-0.1, -0.05) is 6.92 Å². The average Bonchev–Trinajstić information content (AvgIpc) is 2.08. The van der Waals surface area contributed by atoms with E-state index in [1.54, 1.807) is 0 Å². The number of halogens is 1. The molecule has 68 valence electrons. The molecule has 0 saturated heterocycles. The maximum Gasteiger partial charge on any atom is 0.123 e. The zero-order chi connectivity index (χ0) is 8.91. The molecular weight excluding hydrogens is 219 g/mol. The predicted molar refractivity (Wildman–Crippen MR) is 61.5 cm³/mol. The van der Waals surface area contributed by atoms with E-state index >= 15 is 0 Å². The summed E-state index contributed by atoms with van der Waals surface area (Å²) >= 11 is 3.83. The van der Waals surface area contributed by atoms with Crippen LogP contribution >= 0.6 is 23.2 Å². The van der Waals surface area contributed by atoms with Gasteiger partial charge in [-0.05, 0) is 43.1 Å². The van der Waals surface area contributed by atoms with Crippen molar-refractivity contribution in [1.29, 1.82) is 0 Å². The van der Waals surface area contributed by atoms with Crippen LogP contribution in [0.2, 0.25) is 0 Å². The van der Waals surface area contributed by atoms with Crippen LogP contribution in [0.3, 0.4) is 0 Å². The van der Waals surface area contributed by atoms with Crippen LogP contribution in [0.15, 0.2) is 0 Å². The lowest BCUT2D eigenvalue weighted by molar-refractivity contribution is 1.03. The van der Waals surface area contributed by atoms with Crippen LogP contribution in [-0.4, -0.2) is 23.1 Å². The van der Waals surface area contributed by atoms with Gasteiger partial charge in [-0.2, -0.15) is 0 Å². The zero-order valence-corrected chi connectivity index (χ0v) is 10.7. The Hall–Kier alpha value is 0.910. The Labute approximate surface area is 80.6 Å². The first kappa shape index (κ1) is 11.9. The molecule has 0 N–H and O–H groups in total. The standard InChI is InChI=1S/C9H21BrP/c1-5-9(10)11(6-2,7-3)8-4/h9H,5-8H2,1-4H3/q+1. The summed E-state index contributed by atoms with van der Waals surface area (Å²) in [6.07, 6.45) is 5.51. The van der Waals surface area contributed by atoms with E-state index in [4.69, 9.17) is 0 Å². The number of hydrogen-bond acceptors (Lipinski definition) is 0. The topological polar surface area (TPSA) is 0 Å². The molecule has 0 spiro atoms. The molecule has 2 heteroatoms. The van der Waals surface area contributed by atoms with Crippen molar-refractivity contribution >= 4 is 23.2 Å². The highest BCUT2D eigenvalue weighted by Crippen LogP contribution is 2.65. The lowest BCUT2D eigenvalue weighted by atomic mass is 10.6. The molecule has 0 fully saturated rings. The Kier molecular flexibility index (Phi) is 6.00. The third-order valence-electron chi connectivity index (χ3n) is 2.82. The van der Waals surface area contributed by atoms with Crippen molar-refractivity contribution in [3.63, 3.8) is 0 Å². The summed E-state index contributed by atoms with van der Waals surface area (Å²) in [6.45, 7) is 9.34. The van der Waals surface area contributed by atoms with Crippen molar-refractivity contribution in [3.8, 4) is 0 Å². The second kappa shape index (κ2) is 5.54. The summed E-state index contributed by atoms with van der Waals surface area (Å²) in [5.41, 5.74) is 0. The maximum atomic E-state index is 3.83. The fraction of sp³-hybridized carbons (Fsp3) is 1.00. The molecule has 0 heterocycles. The quantitative estimate of drug-likeness (QED) is 0.499. The monoisotopic (exact) mass is 239 g/mol. The Balaban J connectivity index is 4.26. The highest BCUT2D eigenvalue weighted by molar-refractivity contribution is 9.11. The molecule has 0 aliphatic rings. The third-order valence-corrected chi connectivity index (χ3v) is 11.4. The molecule has 11 heavy (non-hydrogen) atoms. The lowest BCUT2D eigenvalue weighted by Crippen LogP contribution is -2.12. The Morgan fingerprint density at radius 1 is 1.00 bits per heavy atom. The van der Waals surface area contributed by atoms with Crippen LogP contribution < -0.4 is 0 Å². The Morgan fingerprint density at radius 3 is 1.45 bits per heavy atom. The third kappa shape index (κ3) is 2.70. The molecule has 0 saturated carbocycles. The van der Waals surface area contributed by atoms with Gasteiger partial charge in [-0.3, -0.25) is 0 Å². The van der Waals surface area contributed by atoms with Crippen LogP contribution in [0, 0.1) is 0 Å². The van der Waals surface area contributed by atoms with Gasteiger partial charge < -0.3 is 0 Å². The fourth-order valence-electron chi connectivity index (χ4n) is 1.65. The van der Waals surface area contributed by atoms with E-state index in [0.717, 1.165) is 4.57 Å². The highest BCUT2D eigenvalue weighted by atomic mass is 79.9. The van der Waals surface area contributed by atoms with Crippen LogP contribution in [-0.2, 0) is 0 Å². The minimum Gasteiger partial charge on any atom is -0.0608 e. The van der Waals surface area contributed by atoms with Gasteiger partial charge in [0.25, 0.3) is 0 Å². The first-order chi connectivity index (χ1) is 5.16. The first-order valence-corrected chi connectivity index (χ1v) is 7.99. The van der Waals surface area contributed by atoms with Crippen molar-refractivity contribution in [2.24, 2.45) is 0 Å². The molecule has 1 unspecified atom stereocenters. The van der Waals surface area contributed by atoms with Crippen LogP contribution in [0.1, 0.15) is 34.1 Å². The molecule has 0 bridgehead atoms. The van der Waals surface area contributed by atoms with E-state index < -0.39 is 7.26 Å². The first-order valence-electron chi connectivity index (χ1n) is 4.66. The smallest absolute Gasteiger partial charge is 0.0608 e. The lowest BCUT2D eigenvalue weighted by Gasteiger charge is -2.27. The predicted octanol–water partition coefficient (Wildman–Crippen LogP) is 4.19.